The molecule has 1 aliphatic heterocycles. The average molecular weight is 456 g/mol. The normalized spacial score (nSPS) is 15.6. The van der Waals surface area contributed by atoms with Gasteiger partial charge in [0.05, 0.1) is 10.5 Å². The first kappa shape index (κ1) is 23.0. The molecule has 7 nitrogen and oxygen atoms in total. The Morgan fingerprint density at radius 1 is 1.03 bits per heavy atom. The van der Waals surface area contributed by atoms with Gasteiger partial charge in [-0.05, 0) is 30.7 Å². The standard InChI is InChI=1S/C20H23F3N4O3S/c21-20(22,23)16-7-8-18(24-15-16)26-11-4-12-27(14-13-26)19(28)9-10-25-31(29,30)17-5-2-1-3-6-17/h1-3,5-8,15,25H,4,9-14H2. The SMILES string of the molecule is O=C(CCNS(=O)(=O)c1ccccc1)N1CCCN(c2ccc(C(F)(F)F)cn2)CC1. The number of hydrogen-bond acceptors (Lipinski definition) is 5. The summed E-state index contributed by atoms with van der Waals surface area (Å²) in [5.74, 6) is 0.246. The highest BCUT2D eigenvalue weighted by molar-refractivity contribution is 7.89. The highest BCUT2D eigenvalue weighted by atomic mass is 32.2. The lowest BCUT2D eigenvalue weighted by molar-refractivity contribution is -0.137. The van der Waals surface area contributed by atoms with Crippen LogP contribution in [0.3, 0.4) is 0 Å². The van der Waals surface area contributed by atoms with E-state index in [0.29, 0.717) is 38.4 Å². The van der Waals surface area contributed by atoms with Crippen molar-refractivity contribution in [3.63, 3.8) is 0 Å². The minimum absolute atomic E-state index is 0.0171. The molecule has 1 aromatic heterocycles. The molecule has 2 aromatic rings. The number of sulfonamides is 1. The highest BCUT2D eigenvalue weighted by Gasteiger charge is 2.31. The fourth-order valence-corrected chi connectivity index (χ4v) is 4.32. The van der Waals surface area contributed by atoms with Gasteiger partial charge >= 0.3 is 6.18 Å². The predicted octanol–water partition coefficient (Wildman–Crippen LogP) is 2.51. The first-order valence-corrected chi connectivity index (χ1v) is 11.3. The van der Waals surface area contributed by atoms with Crippen molar-refractivity contribution in [1.82, 2.24) is 14.6 Å². The van der Waals surface area contributed by atoms with Crippen LogP contribution in [0.25, 0.3) is 0 Å². The van der Waals surface area contributed by atoms with E-state index in [9.17, 15) is 26.4 Å². The molecule has 1 fully saturated rings. The van der Waals surface area contributed by atoms with Crippen LogP contribution >= 0.6 is 0 Å². The second kappa shape index (κ2) is 9.65. The van der Waals surface area contributed by atoms with Gasteiger partial charge in [0.25, 0.3) is 0 Å². The molecule has 0 atom stereocenters. The van der Waals surface area contributed by atoms with E-state index in [1.54, 1.807) is 23.1 Å². The number of anilines is 1. The van der Waals surface area contributed by atoms with Gasteiger partial charge in [-0.1, -0.05) is 18.2 Å². The van der Waals surface area contributed by atoms with Crippen LogP contribution in [-0.4, -0.2) is 56.9 Å². The summed E-state index contributed by atoms with van der Waals surface area (Å²) >= 11 is 0. The van der Waals surface area contributed by atoms with Crippen LogP contribution < -0.4 is 9.62 Å². The number of carbonyl (C=O) groups is 1. The molecule has 1 N–H and O–H groups in total. The van der Waals surface area contributed by atoms with Crippen molar-refractivity contribution in [3.8, 4) is 0 Å². The molecule has 0 saturated carbocycles. The number of halogens is 3. The number of rotatable bonds is 6. The molecule has 3 rings (SSSR count). The van der Waals surface area contributed by atoms with Crippen molar-refractivity contribution in [2.75, 3.05) is 37.6 Å². The summed E-state index contributed by atoms with van der Waals surface area (Å²) < 4.78 is 64.9. The van der Waals surface area contributed by atoms with Crippen molar-refractivity contribution < 1.29 is 26.4 Å². The maximum absolute atomic E-state index is 12.7. The minimum atomic E-state index is -4.43. The molecule has 0 bridgehead atoms. The first-order chi connectivity index (χ1) is 14.7. The zero-order chi connectivity index (χ0) is 22.5. The quantitative estimate of drug-likeness (QED) is 0.722. The topological polar surface area (TPSA) is 82.6 Å². The van der Waals surface area contributed by atoms with Crippen LogP contribution in [0, 0.1) is 0 Å². The summed E-state index contributed by atoms with van der Waals surface area (Å²) in [7, 11) is -3.67. The lowest BCUT2D eigenvalue weighted by atomic mass is 10.2. The third kappa shape index (κ3) is 6.17. The summed E-state index contributed by atoms with van der Waals surface area (Å²) in [6, 6.07) is 10.2. The molecule has 11 heteroatoms. The number of aromatic nitrogens is 1. The maximum Gasteiger partial charge on any atom is 0.417 e. The zero-order valence-electron chi connectivity index (χ0n) is 16.7. The fourth-order valence-electron chi connectivity index (χ4n) is 3.27. The van der Waals surface area contributed by atoms with Gasteiger partial charge in [-0.3, -0.25) is 4.79 Å². The number of nitrogens with one attached hydrogen (secondary N) is 1. The minimum Gasteiger partial charge on any atom is -0.355 e. The van der Waals surface area contributed by atoms with Crippen molar-refractivity contribution in [3.05, 3.63) is 54.2 Å². The molecule has 31 heavy (non-hydrogen) atoms. The average Bonchev–Trinajstić information content (AvgIpc) is 3.00. The van der Waals surface area contributed by atoms with Crippen LogP contribution in [0.2, 0.25) is 0 Å². The van der Waals surface area contributed by atoms with E-state index in [0.717, 1.165) is 12.3 Å². The summed E-state index contributed by atoms with van der Waals surface area (Å²) in [4.78, 5) is 20.0. The number of amides is 1. The Kier molecular flexibility index (Phi) is 7.16. The smallest absolute Gasteiger partial charge is 0.355 e. The predicted molar refractivity (Wildman–Crippen MR) is 109 cm³/mol. The molecule has 1 aromatic carbocycles. The van der Waals surface area contributed by atoms with E-state index in [4.69, 9.17) is 0 Å². The lowest BCUT2D eigenvalue weighted by Gasteiger charge is -2.23. The number of nitrogens with zero attached hydrogens (tertiary/aromatic N) is 3. The van der Waals surface area contributed by atoms with Gasteiger partial charge in [0.1, 0.15) is 5.82 Å². The van der Waals surface area contributed by atoms with Gasteiger partial charge in [-0.15, -0.1) is 0 Å². The second-order valence-electron chi connectivity index (χ2n) is 7.09. The molecular formula is C20H23F3N4O3S. The van der Waals surface area contributed by atoms with E-state index in [1.807, 2.05) is 4.90 Å². The van der Waals surface area contributed by atoms with Crippen LogP contribution in [0.4, 0.5) is 19.0 Å². The summed E-state index contributed by atoms with van der Waals surface area (Å²) in [5, 5.41) is 0. The van der Waals surface area contributed by atoms with Gasteiger partial charge in [0.2, 0.25) is 15.9 Å². The van der Waals surface area contributed by atoms with Crippen molar-refractivity contribution >= 4 is 21.7 Å². The molecule has 0 radical (unpaired) electrons. The summed E-state index contributed by atoms with van der Waals surface area (Å²) in [6.07, 6.45) is -2.98. The van der Waals surface area contributed by atoms with E-state index in [1.165, 1.54) is 18.2 Å². The second-order valence-corrected chi connectivity index (χ2v) is 8.85. The van der Waals surface area contributed by atoms with Crippen LogP contribution in [0.5, 0.6) is 0 Å². The maximum atomic E-state index is 12.7. The number of hydrogen-bond donors (Lipinski definition) is 1. The number of benzene rings is 1. The van der Waals surface area contributed by atoms with Crippen molar-refractivity contribution in [2.24, 2.45) is 0 Å². The van der Waals surface area contributed by atoms with Gasteiger partial charge in [0.15, 0.2) is 0 Å². The number of alkyl halides is 3. The number of pyridine rings is 1. The molecule has 2 heterocycles. The molecule has 0 aliphatic carbocycles. The summed E-state index contributed by atoms with van der Waals surface area (Å²) in [5.41, 5.74) is -0.805. The largest absolute Gasteiger partial charge is 0.417 e. The molecular weight excluding hydrogens is 433 g/mol. The van der Waals surface area contributed by atoms with Crippen molar-refractivity contribution in [2.45, 2.75) is 23.9 Å². The van der Waals surface area contributed by atoms with Crippen LogP contribution in [0.1, 0.15) is 18.4 Å². The summed E-state index contributed by atoms with van der Waals surface area (Å²) in [6.45, 7) is 1.84. The van der Waals surface area contributed by atoms with Gasteiger partial charge in [0, 0.05) is 45.3 Å². The molecule has 1 aliphatic rings. The Bertz CT molecular complexity index is 983. The Morgan fingerprint density at radius 2 is 1.77 bits per heavy atom. The Labute approximate surface area is 178 Å². The number of carbonyl (C=O) groups excluding carboxylic acids is 1. The zero-order valence-corrected chi connectivity index (χ0v) is 17.5. The Balaban J connectivity index is 1.50. The molecule has 168 valence electrons. The van der Waals surface area contributed by atoms with E-state index in [-0.39, 0.29) is 23.8 Å². The molecule has 0 unspecified atom stereocenters. The monoisotopic (exact) mass is 456 g/mol. The fraction of sp³-hybridized carbons (Fsp3) is 0.400. The first-order valence-electron chi connectivity index (χ1n) is 9.77. The third-order valence-electron chi connectivity index (χ3n) is 4.93. The van der Waals surface area contributed by atoms with Gasteiger partial charge in [-0.25, -0.2) is 18.1 Å². The van der Waals surface area contributed by atoms with Gasteiger partial charge < -0.3 is 9.80 Å². The van der Waals surface area contributed by atoms with Gasteiger partial charge in [-0.2, -0.15) is 13.2 Å². The molecule has 1 saturated heterocycles. The van der Waals surface area contributed by atoms with Crippen LogP contribution in [-0.2, 0) is 21.0 Å². The Morgan fingerprint density at radius 3 is 2.42 bits per heavy atom. The highest BCUT2D eigenvalue weighted by Crippen LogP contribution is 2.29. The van der Waals surface area contributed by atoms with E-state index >= 15 is 0 Å². The molecule has 0 spiro atoms. The third-order valence-corrected chi connectivity index (χ3v) is 6.41. The van der Waals surface area contributed by atoms with Crippen LogP contribution in [0.15, 0.2) is 53.6 Å². The van der Waals surface area contributed by atoms with E-state index < -0.39 is 21.8 Å². The van der Waals surface area contributed by atoms with E-state index in [2.05, 4.69) is 9.71 Å². The van der Waals surface area contributed by atoms with Crippen molar-refractivity contribution in [1.29, 1.82) is 0 Å². The molecule has 1 amide bonds. The Hall–Kier alpha value is -2.66. The lowest BCUT2D eigenvalue weighted by Crippen LogP contribution is -2.37.